The molecule has 1 aliphatic heterocycles. The number of hydrogen-bond donors (Lipinski definition) is 2. The van der Waals surface area contributed by atoms with Crippen LogP contribution >= 0.6 is 0 Å². The van der Waals surface area contributed by atoms with Crippen molar-refractivity contribution in [1.29, 1.82) is 0 Å². The molecule has 2 unspecified atom stereocenters. The lowest BCUT2D eigenvalue weighted by molar-refractivity contribution is -0.153. The second kappa shape index (κ2) is 10.6. The Morgan fingerprint density at radius 2 is 1.63 bits per heavy atom. The number of ether oxygens (including phenoxy) is 2. The number of carbonyl (C=O) groups excluding carboxylic acids is 4. The third-order valence-corrected chi connectivity index (χ3v) is 5.51. The Morgan fingerprint density at radius 3 is 2.23 bits per heavy atom. The van der Waals surface area contributed by atoms with E-state index in [0.717, 1.165) is 25.7 Å². The molecule has 0 bridgehead atoms. The molecule has 2 fully saturated rings. The minimum absolute atomic E-state index is 0.0595. The molecule has 0 aromatic rings. The molecule has 0 aromatic heterocycles. The van der Waals surface area contributed by atoms with Gasteiger partial charge in [0.15, 0.2) is 6.61 Å². The summed E-state index contributed by atoms with van der Waals surface area (Å²) in [5.41, 5.74) is -0.568. The fourth-order valence-corrected chi connectivity index (χ4v) is 3.78. The number of carbonyl (C=O) groups is 4. The van der Waals surface area contributed by atoms with Crippen molar-refractivity contribution in [2.75, 3.05) is 19.7 Å². The van der Waals surface area contributed by atoms with Gasteiger partial charge in [0.2, 0.25) is 0 Å². The molecule has 4 amide bonds. The zero-order valence-corrected chi connectivity index (χ0v) is 18.5. The van der Waals surface area contributed by atoms with Gasteiger partial charge in [-0.2, -0.15) is 0 Å². The summed E-state index contributed by atoms with van der Waals surface area (Å²) in [6, 6.07) is -0.496. The second-order valence-electron chi connectivity index (χ2n) is 9.24. The van der Waals surface area contributed by atoms with Gasteiger partial charge in [0.05, 0.1) is 5.92 Å². The predicted octanol–water partition coefficient (Wildman–Crippen LogP) is 2.58. The van der Waals surface area contributed by atoms with Gasteiger partial charge in [-0.25, -0.2) is 9.59 Å². The highest BCUT2D eigenvalue weighted by Crippen LogP contribution is 2.23. The first-order valence-electron chi connectivity index (χ1n) is 10.8. The van der Waals surface area contributed by atoms with Crippen LogP contribution in [0.1, 0.15) is 66.2 Å². The van der Waals surface area contributed by atoms with Gasteiger partial charge in [-0.15, -0.1) is 0 Å². The number of urea groups is 1. The summed E-state index contributed by atoms with van der Waals surface area (Å²) in [6.45, 7) is 7.77. The Kier molecular flexibility index (Phi) is 8.49. The van der Waals surface area contributed by atoms with Crippen molar-refractivity contribution in [3.8, 4) is 0 Å². The Labute approximate surface area is 178 Å². The average molecular weight is 426 g/mol. The van der Waals surface area contributed by atoms with Gasteiger partial charge in [-0.1, -0.05) is 19.8 Å². The van der Waals surface area contributed by atoms with Crippen molar-refractivity contribution in [3.63, 3.8) is 0 Å². The summed E-state index contributed by atoms with van der Waals surface area (Å²) in [4.78, 5) is 49.8. The largest absolute Gasteiger partial charge is 0.455 e. The number of nitrogens with zero attached hydrogens (tertiary/aromatic N) is 1. The van der Waals surface area contributed by atoms with Gasteiger partial charge in [-0.3, -0.25) is 14.9 Å². The molecular weight excluding hydrogens is 390 g/mol. The second-order valence-corrected chi connectivity index (χ2v) is 9.24. The fraction of sp³-hybridized carbons (Fsp3) is 0.810. The van der Waals surface area contributed by atoms with Gasteiger partial charge in [0.1, 0.15) is 5.60 Å². The molecule has 1 aliphatic carbocycles. The van der Waals surface area contributed by atoms with E-state index in [1.807, 2.05) is 0 Å². The van der Waals surface area contributed by atoms with Crippen molar-refractivity contribution in [2.45, 2.75) is 77.9 Å². The quantitative estimate of drug-likeness (QED) is 0.669. The number of amides is 4. The summed E-state index contributed by atoms with van der Waals surface area (Å²) in [7, 11) is 0. The minimum Gasteiger partial charge on any atom is -0.455 e. The molecule has 30 heavy (non-hydrogen) atoms. The molecule has 0 radical (unpaired) electrons. The van der Waals surface area contributed by atoms with E-state index in [1.54, 1.807) is 25.7 Å². The highest BCUT2D eigenvalue weighted by molar-refractivity contribution is 5.95. The standard InChI is InChI=1S/C21H35N3O6/c1-14-7-5-6-8-16(14)22-19(27)23-17(25)13-29-18(26)15-9-11-24(12-10-15)20(28)30-21(2,3)4/h14-16H,5-13H2,1-4H3,(H2,22,23,25,27). The van der Waals surface area contributed by atoms with Crippen LogP contribution in [0.4, 0.5) is 9.59 Å². The lowest BCUT2D eigenvalue weighted by atomic mass is 9.86. The first-order valence-corrected chi connectivity index (χ1v) is 10.8. The van der Waals surface area contributed by atoms with E-state index >= 15 is 0 Å². The van der Waals surface area contributed by atoms with Crippen LogP contribution in [0.3, 0.4) is 0 Å². The van der Waals surface area contributed by atoms with Gasteiger partial charge >= 0.3 is 18.1 Å². The lowest BCUT2D eigenvalue weighted by Gasteiger charge is -2.32. The van der Waals surface area contributed by atoms with E-state index in [1.165, 1.54) is 0 Å². The van der Waals surface area contributed by atoms with Crippen molar-refractivity contribution in [1.82, 2.24) is 15.5 Å². The van der Waals surface area contributed by atoms with Crippen LogP contribution in [0.25, 0.3) is 0 Å². The summed E-state index contributed by atoms with van der Waals surface area (Å²) < 4.78 is 10.4. The van der Waals surface area contributed by atoms with E-state index in [2.05, 4.69) is 17.6 Å². The highest BCUT2D eigenvalue weighted by atomic mass is 16.6. The number of likely N-dealkylation sites (tertiary alicyclic amines) is 1. The maximum absolute atomic E-state index is 12.2. The maximum atomic E-state index is 12.2. The molecule has 2 N–H and O–H groups in total. The van der Waals surface area contributed by atoms with E-state index in [0.29, 0.717) is 31.8 Å². The van der Waals surface area contributed by atoms with Crippen LogP contribution in [0, 0.1) is 11.8 Å². The SMILES string of the molecule is CC1CCCCC1NC(=O)NC(=O)COC(=O)C1CCN(C(=O)OC(C)(C)C)CC1. The molecule has 2 aliphatic rings. The molecule has 9 nitrogen and oxygen atoms in total. The van der Waals surface area contributed by atoms with Crippen LogP contribution in [-0.2, 0) is 19.1 Å². The summed E-state index contributed by atoms with van der Waals surface area (Å²) in [5.74, 6) is -1.15. The summed E-state index contributed by atoms with van der Waals surface area (Å²) >= 11 is 0. The Hall–Kier alpha value is -2.32. The number of hydrogen-bond acceptors (Lipinski definition) is 6. The Morgan fingerprint density at radius 1 is 1.00 bits per heavy atom. The van der Waals surface area contributed by atoms with E-state index in [9.17, 15) is 19.2 Å². The van der Waals surface area contributed by atoms with Crippen LogP contribution in [0.15, 0.2) is 0 Å². The van der Waals surface area contributed by atoms with Crippen LogP contribution < -0.4 is 10.6 Å². The first kappa shape index (κ1) is 24.0. The zero-order valence-electron chi connectivity index (χ0n) is 18.5. The van der Waals surface area contributed by atoms with Crippen molar-refractivity contribution < 1.29 is 28.7 Å². The highest BCUT2D eigenvalue weighted by Gasteiger charge is 2.31. The monoisotopic (exact) mass is 425 g/mol. The van der Waals surface area contributed by atoms with Gasteiger partial charge in [0.25, 0.3) is 5.91 Å². The fourth-order valence-electron chi connectivity index (χ4n) is 3.78. The Bertz CT molecular complexity index is 637. The van der Waals surface area contributed by atoms with E-state index in [4.69, 9.17) is 9.47 Å². The molecular formula is C21H35N3O6. The van der Waals surface area contributed by atoms with E-state index < -0.39 is 36.2 Å². The third kappa shape index (κ3) is 7.84. The number of esters is 1. The number of nitrogens with one attached hydrogen (secondary N) is 2. The van der Waals surface area contributed by atoms with E-state index in [-0.39, 0.29) is 12.0 Å². The molecule has 0 spiro atoms. The van der Waals surface area contributed by atoms with Gasteiger partial charge < -0.3 is 19.7 Å². The van der Waals surface area contributed by atoms with Crippen LogP contribution in [0.2, 0.25) is 0 Å². The topological polar surface area (TPSA) is 114 Å². The van der Waals surface area contributed by atoms with Gasteiger partial charge in [-0.05, 0) is 52.4 Å². The van der Waals surface area contributed by atoms with Crippen molar-refractivity contribution in [2.24, 2.45) is 11.8 Å². The molecule has 9 heteroatoms. The van der Waals surface area contributed by atoms with Crippen molar-refractivity contribution >= 4 is 24.0 Å². The molecule has 170 valence electrons. The summed E-state index contributed by atoms with van der Waals surface area (Å²) in [5, 5.41) is 5.04. The smallest absolute Gasteiger partial charge is 0.410 e. The predicted molar refractivity (Wildman–Crippen MR) is 110 cm³/mol. The Balaban J connectivity index is 1.66. The minimum atomic E-state index is -0.657. The number of piperidine rings is 1. The zero-order chi connectivity index (χ0) is 22.3. The summed E-state index contributed by atoms with van der Waals surface area (Å²) in [6.07, 6.45) is 4.68. The van der Waals surface area contributed by atoms with Gasteiger partial charge in [0, 0.05) is 19.1 Å². The molecule has 1 saturated heterocycles. The molecule has 1 saturated carbocycles. The van der Waals surface area contributed by atoms with Crippen LogP contribution in [0.5, 0.6) is 0 Å². The average Bonchev–Trinajstić information content (AvgIpc) is 2.66. The number of rotatable bonds is 4. The number of imide groups is 1. The molecule has 1 heterocycles. The van der Waals surface area contributed by atoms with Crippen LogP contribution in [-0.4, -0.2) is 60.2 Å². The maximum Gasteiger partial charge on any atom is 0.410 e. The molecule has 2 rings (SSSR count). The normalized spacial score (nSPS) is 22.7. The lowest BCUT2D eigenvalue weighted by Crippen LogP contribution is -2.48. The third-order valence-electron chi connectivity index (χ3n) is 5.51. The molecule has 2 atom stereocenters. The van der Waals surface area contributed by atoms with Crippen molar-refractivity contribution in [3.05, 3.63) is 0 Å². The first-order chi connectivity index (χ1) is 14.0. The molecule has 0 aromatic carbocycles.